The number of rotatable bonds is 22. The number of halogens is 5. The molecule has 27 heteroatoms. The van der Waals surface area contributed by atoms with Gasteiger partial charge in [0, 0.05) is 113 Å². The van der Waals surface area contributed by atoms with Gasteiger partial charge < -0.3 is 85.0 Å². The van der Waals surface area contributed by atoms with E-state index < -0.39 is 97.7 Å². The molecular formula is C120H125F5O17S5. The van der Waals surface area contributed by atoms with Gasteiger partial charge in [0.05, 0.1) is 86.5 Å². The van der Waals surface area contributed by atoms with Gasteiger partial charge in [0.1, 0.15) is 77.9 Å². The van der Waals surface area contributed by atoms with Crippen LogP contribution in [0.1, 0.15) is 191 Å². The van der Waals surface area contributed by atoms with E-state index in [-0.39, 0.29) is 79.6 Å². The van der Waals surface area contributed by atoms with E-state index in [1.165, 1.54) is 118 Å². The monoisotopic (exact) mass is 2090 g/mol. The van der Waals surface area contributed by atoms with Crippen molar-refractivity contribution >= 4 is 56.7 Å². The first-order valence-electron chi connectivity index (χ1n) is 49.6. The molecule has 5 fully saturated rings. The van der Waals surface area contributed by atoms with E-state index in [0.717, 1.165) is 134 Å². The number of thiophene rings is 5. The lowest BCUT2D eigenvalue weighted by Crippen LogP contribution is -2.47. The van der Waals surface area contributed by atoms with Gasteiger partial charge in [0.25, 0.3) is 0 Å². The summed E-state index contributed by atoms with van der Waals surface area (Å²) in [6.07, 6.45) is -7.33. The Balaban J connectivity index is 0.000000131. The summed E-state index contributed by atoms with van der Waals surface area (Å²) in [7, 11) is 0. The van der Waals surface area contributed by atoms with Crippen molar-refractivity contribution in [3.05, 3.63) is 410 Å². The van der Waals surface area contributed by atoms with E-state index >= 15 is 0 Å². The fourth-order valence-electron chi connectivity index (χ4n) is 19.1. The zero-order valence-corrected chi connectivity index (χ0v) is 86.9. The minimum atomic E-state index is -1.08. The third-order valence-electron chi connectivity index (χ3n) is 28.0. The van der Waals surface area contributed by atoms with Gasteiger partial charge in [-0.3, -0.25) is 0 Å². The number of aliphatic hydroxyl groups is 12. The van der Waals surface area contributed by atoms with Crippen LogP contribution in [0.5, 0.6) is 0 Å². The number of aryl methyl sites for hydroxylation is 5. The van der Waals surface area contributed by atoms with Gasteiger partial charge in [-0.25, -0.2) is 22.0 Å². The second-order valence-corrected chi connectivity index (χ2v) is 44.7. The molecule has 0 bridgehead atoms. The van der Waals surface area contributed by atoms with Gasteiger partial charge in [-0.05, 0) is 288 Å². The number of hydrogen-bond acceptors (Lipinski definition) is 22. The minimum Gasteiger partial charge on any atom is -0.394 e. The highest BCUT2D eigenvalue weighted by Crippen LogP contribution is 2.44. The number of hydrogen-bond donors (Lipinski definition) is 12. The standard InChI is InChI=1S/2C24H25FO4S.3C24H25FO3S/c1-14-2-3-16(24-21(28)12-20(27)22(13-26)29-24)10-17(14)11-19-8-9-23(30-19)15-4-6-18(25)7-5-15;1-14-2-3-16(21-12-20(27)24(28)22(13-26)29-21)10-17(14)11-19-8-9-23(30-19)15-4-6-18(25)7-5-15;1-14-3-4-17(22-13-21(26)24(27)15(2)28-22)11-18(14)12-20-9-10-23(29-20)16-5-7-19(25)8-6-16;1-14-3-4-17(24-22(27)13-21(26)15(2)28-24)11-18(14)12-20-9-10-23(29-20)16-5-7-19(25)8-6-16;1-14-3-4-17(24-23(27)21(26)11-15(2)28-24)12-18(14)13-20-9-10-22(29-20)16-5-7-19(25)8-6-16/h2*2-10,20-22,24,26-28H,11-13H2,1H3;2*3-11,15,21-22,24,26-27H,12-13H2,1-2H3;3-10,12,15,21,23-24,26-27H,11,13H2,1-2H3. The number of benzene rings is 10. The predicted molar refractivity (Wildman–Crippen MR) is 571 cm³/mol. The Labute approximate surface area is 874 Å². The summed E-state index contributed by atoms with van der Waals surface area (Å²) in [5.41, 5.74) is 21.3. The van der Waals surface area contributed by atoms with Crippen molar-refractivity contribution in [3.63, 3.8) is 0 Å². The molecule has 5 aliphatic heterocycles. The summed E-state index contributed by atoms with van der Waals surface area (Å²) >= 11 is 8.46. The van der Waals surface area contributed by atoms with Crippen LogP contribution in [-0.4, -0.2) is 166 Å². The third kappa shape index (κ3) is 28.1. The van der Waals surface area contributed by atoms with Gasteiger partial charge in [-0.15, -0.1) is 56.7 Å². The molecule has 0 aliphatic carbocycles. The summed E-state index contributed by atoms with van der Waals surface area (Å²) in [5.74, 6) is -1.17. The van der Waals surface area contributed by atoms with Gasteiger partial charge in [-0.2, -0.15) is 0 Å². The van der Waals surface area contributed by atoms with Crippen molar-refractivity contribution in [3.8, 4) is 52.2 Å². The molecule has 20 unspecified atom stereocenters. The van der Waals surface area contributed by atoms with Crippen molar-refractivity contribution in [2.24, 2.45) is 0 Å². The van der Waals surface area contributed by atoms with Gasteiger partial charge in [0.15, 0.2) is 0 Å². The molecule has 0 amide bonds. The number of ether oxygens (including phenoxy) is 5. The Bertz CT molecular complexity index is 6820. The third-order valence-corrected chi connectivity index (χ3v) is 33.7. The van der Waals surface area contributed by atoms with Gasteiger partial charge in [0.2, 0.25) is 0 Å². The Morgan fingerprint density at radius 3 is 0.844 bits per heavy atom. The lowest BCUT2D eigenvalue weighted by molar-refractivity contribution is -0.181. The first-order chi connectivity index (χ1) is 70.6. The highest BCUT2D eigenvalue weighted by molar-refractivity contribution is 7.16. The molecule has 0 spiro atoms. The fraction of sp³-hybridized carbons (Fsp3) is 0.333. The van der Waals surface area contributed by atoms with E-state index in [2.05, 4.69) is 119 Å². The van der Waals surface area contributed by atoms with Crippen molar-refractivity contribution in [1.82, 2.24) is 0 Å². The van der Waals surface area contributed by atoms with Crippen molar-refractivity contribution < 1.29 is 107 Å². The van der Waals surface area contributed by atoms with Crippen molar-refractivity contribution in [2.75, 3.05) is 13.2 Å². The average Bonchev–Trinajstić information content (AvgIpc) is 1.62. The van der Waals surface area contributed by atoms with Crippen LogP contribution in [0, 0.1) is 63.7 Å². The van der Waals surface area contributed by atoms with Crippen LogP contribution in [0.3, 0.4) is 0 Å². The van der Waals surface area contributed by atoms with E-state index in [0.29, 0.717) is 19.3 Å². The molecule has 0 saturated carbocycles. The Hall–Kier alpha value is -10.3. The van der Waals surface area contributed by atoms with E-state index in [9.17, 15) is 83.2 Å². The molecule has 5 aromatic heterocycles. The first kappa shape index (κ1) is 109. The summed E-state index contributed by atoms with van der Waals surface area (Å²) < 4.78 is 95.2. The summed E-state index contributed by atoms with van der Waals surface area (Å²) in [6, 6.07) is 84.1. The Kier molecular flexibility index (Phi) is 37.3. The Morgan fingerprint density at radius 2 is 0.524 bits per heavy atom. The molecule has 5 saturated heterocycles. The van der Waals surface area contributed by atoms with Crippen molar-refractivity contribution in [2.45, 2.75) is 242 Å². The molecule has 0 radical (unpaired) electrons. The lowest BCUT2D eigenvalue weighted by Gasteiger charge is -2.37. The van der Waals surface area contributed by atoms with Gasteiger partial charge >= 0.3 is 0 Å². The lowest BCUT2D eigenvalue weighted by atomic mass is 9.91. The Morgan fingerprint density at radius 1 is 0.245 bits per heavy atom. The minimum absolute atomic E-state index is 0.0984. The van der Waals surface area contributed by atoms with Crippen LogP contribution < -0.4 is 0 Å². The smallest absolute Gasteiger partial charge is 0.123 e. The van der Waals surface area contributed by atoms with Crippen LogP contribution in [0.15, 0.2) is 273 Å². The summed E-state index contributed by atoms with van der Waals surface area (Å²) in [4.78, 5) is 11.6. The van der Waals surface area contributed by atoms with E-state index in [1.54, 1.807) is 124 Å². The number of aliphatic hydroxyl groups excluding tert-OH is 12. The highest BCUT2D eigenvalue weighted by atomic mass is 32.1. The second kappa shape index (κ2) is 50.1. The second-order valence-electron chi connectivity index (χ2n) is 38.9. The molecule has 5 aliphatic rings. The molecule has 17 nitrogen and oxygen atoms in total. The largest absolute Gasteiger partial charge is 0.394 e. The average molecular weight is 2090 g/mol. The predicted octanol–water partition coefficient (Wildman–Crippen LogP) is 23.1. The maximum Gasteiger partial charge on any atom is 0.123 e. The van der Waals surface area contributed by atoms with Crippen LogP contribution in [0.2, 0.25) is 0 Å². The summed E-state index contributed by atoms with van der Waals surface area (Å²) in [6.45, 7) is 15.3. The van der Waals surface area contributed by atoms with E-state index in [1.807, 2.05) is 81.4 Å². The fourth-order valence-corrected chi connectivity index (χ4v) is 24.2. The van der Waals surface area contributed by atoms with Gasteiger partial charge in [-0.1, -0.05) is 152 Å². The quantitative estimate of drug-likeness (QED) is 0.0281. The summed E-state index contributed by atoms with van der Waals surface area (Å²) in [5, 5.41) is 120. The van der Waals surface area contributed by atoms with Crippen LogP contribution >= 0.6 is 56.7 Å². The molecule has 20 rings (SSSR count). The SMILES string of the molecule is Cc1ccc(C2CC(O)C(O)C(C)O2)cc1Cc1ccc(-c2ccc(F)cc2)s1.Cc1ccc(C2CC(O)C(O)C(CO)O2)cc1Cc1ccc(-c2ccc(F)cc2)s1.Cc1ccc(C2OC(C)C(O)CC2O)cc1Cc1ccc(-c2ccc(F)cc2)s1.Cc1ccc(C2OC(C)CC(O)C2O)cc1Cc1ccc(-c2ccc(F)cc2)s1.Cc1ccc(C2OC(CO)C(O)CC2O)cc1Cc1ccc(-c2ccc(F)cc2)s1. The first-order valence-corrected chi connectivity index (χ1v) is 53.7. The van der Waals surface area contributed by atoms with Crippen LogP contribution in [-0.2, 0) is 55.8 Å². The molecule has 147 heavy (non-hydrogen) atoms. The zero-order chi connectivity index (χ0) is 104. The normalized spacial score (nSPS) is 24.4. The molecule has 10 heterocycles. The maximum atomic E-state index is 13.2. The van der Waals surface area contributed by atoms with Crippen LogP contribution in [0.4, 0.5) is 22.0 Å². The molecular weight excluding hydrogens is 1970 g/mol. The molecule has 20 atom stereocenters. The van der Waals surface area contributed by atoms with Crippen molar-refractivity contribution in [1.29, 1.82) is 0 Å². The van der Waals surface area contributed by atoms with E-state index in [4.69, 9.17) is 23.7 Å². The molecule has 15 aromatic rings. The molecule has 772 valence electrons. The molecule has 12 N–H and O–H groups in total. The van der Waals surface area contributed by atoms with Crippen LogP contribution in [0.25, 0.3) is 52.2 Å². The zero-order valence-electron chi connectivity index (χ0n) is 82.9. The highest BCUT2D eigenvalue weighted by Gasteiger charge is 2.42. The topological polar surface area (TPSA) is 289 Å². The molecule has 10 aromatic carbocycles. The maximum absolute atomic E-state index is 13.2.